The van der Waals surface area contributed by atoms with Crippen molar-refractivity contribution in [3.05, 3.63) is 36.2 Å². The maximum Gasteiger partial charge on any atom is 0.573 e. The molecule has 0 radical (unpaired) electrons. The van der Waals surface area contributed by atoms with Gasteiger partial charge in [0.15, 0.2) is 16.1 Å². The number of alkyl halides is 3. The van der Waals surface area contributed by atoms with Crippen LogP contribution in [0.4, 0.5) is 24.1 Å². The van der Waals surface area contributed by atoms with E-state index in [1.54, 1.807) is 0 Å². The number of hydrogen-bond acceptors (Lipinski definition) is 12. The highest BCUT2D eigenvalue weighted by Gasteiger charge is 2.43. The van der Waals surface area contributed by atoms with Crippen molar-refractivity contribution < 1.29 is 45.4 Å². The van der Waals surface area contributed by atoms with Crippen LogP contribution in [0.25, 0.3) is 10.8 Å². The summed E-state index contributed by atoms with van der Waals surface area (Å²) in [6.45, 7) is 0.979. The number of aromatic nitrogens is 2. The van der Waals surface area contributed by atoms with E-state index >= 15 is 0 Å². The summed E-state index contributed by atoms with van der Waals surface area (Å²) in [7, 11) is -2.89. The molecule has 2 aromatic heterocycles. The maximum atomic E-state index is 13.5. The van der Waals surface area contributed by atoms with E-state index in [-0.39, 0.29) is 33.9 Å². The van der Waals surface area contributed by atoms with Crippen LogP contribution in [-0.4, -0.2) is 87.1 Å². The summed E-state index contributed by atoms with van der Waals surface area (Å²) in [6, 6.07) is 1.26. The van der Waals surface area contributed by atoms with E-state index in [0.29, 0.717) is 10.5 Å². The Labute approximate surface area is 254 Å². The van der Waals surface area contributed by atoms with Crippen molar-refractivity contribution >= 4 is 55.0 Å². The molecule has 44 heavy (non-hydrogen) atoms. The van der Waals surface area contributed by atoms with Crippen LogP contribution in [0.5, 0.6) is 5.75 Å². The molecule has 2 unspecified atom stereocenters. The number of hydrogen-bond donors (Lipinski definition) is 2. The van der Waals surface area contributed by atoms with E-state index in [9.17, 15) is 31.2 Å². The van der Waals surface area contributed by atoms with E-state index in [1.807, 2.05) is 4.90 Å². The third kappa shape index (κ3) is 6.98. The second kappa shape index (κ2) is 12.7. The number of sulfonamides is 1. The second-order valence-electron chi connectivity index (χ2n) is 10.2. The number of halogens is 3. The van der Waals surface area contributed by atoms with Gasteiger partial charge in [0.1, 0.15) is 23.7 Å². The van der Waals surface area contributed by atoms with Gasteiger partial charge in [-0.25, -0.2) is 23.2 Å². The summed E-state index contributed by atoms with van der Waals surface area (Å²) in [5.41, 5.74) is 5.78. The largest absolute Gasteiger partial charge is 0.573 e. The number of nitrogens with one attached hydrogen (secondary N) is 1. The smallest absolute Gasteiger partial charge is 0.437 e. The minimum atomic E-state index is -5.08. The molecule has 3 N–H and O–H groups in total. The zero-order chi connectivity index (χ0) is 31.6. The highest BCUT2D eigenvalue weighted by molar-refractivity contribution is 7.91. The van der Waals surface area contributed by atoms with E-state index in [0.717, 1.165) is 48.2 Å². The number of anilines is 2. The first-order chi connectivity index (χ1) is 20.9. The molecule has 4 heterocycles. The van der Waals surface area contributed by atoms with Crippen molar-refractivity contribution in [1.82, 2.24) is 19.6 Å². The van der Waals surface area contributed by atoms with Crippen molar-refractivity contribution in [2.75, 3.05) is 44.2 Å². The van der Waals surface area contributed by atoms with Crippen LogP contribution < -0.4 is 20.1 Å². The first-order valence-corrected chi connectivity index (χ1v) is 15.8. The lowest BCUT2D eigenvalue weighted by Gasteiger charge is -2.27. The molecule has 5 rings (SSSR count). The molecule has 2 saturated heterocycles. The number of thiazole rings is 1. The number of carbonyl (C=O) groups excluding carboxylic acids is 2. The Morgan fingerprint density at radius 1 is 1.23 bits per heavy atom. The minimum absolute atomic E-state index is 0.00423. The Hall–Kier alpha value is -3.74. The molecule has 2 fully saturated rings. The number of benzene rings is 1. The van der Waals surface area contributed by atoms with E-state index in [2.05, 4.69) is 19.4 Å². The fraction of sp³-hybridized carbons (Fsp3) is 0.462. The van der Waals surface area contributed by atoms with Crippen molar-refractivity contribution in [2.24, 2.45) is 0 Å². The molecule has 13 nitrogen and oxygen atoms in total. The zero-order valence-corrected chi connectivity index (χ0v) is 25.0. The van der Waals surface area contributed by atoms with Gasteiger partial charge in [-0.3, -0.25) is 4.79 Å². The van der Waals surface area contributed by atoms with Gasteiger partial charge >= 0.3 is 12.3 Å². The van der Waals surface area contributed by atoms with Crippen molar-refractivity contribution in [3.63, 3.8) is 0 Å². The van der Waals surface area contributed by atoms with E-state index in [4.69, 9.17) is 15.2 Å². The normalized spacial score (nSPS) is 18.3. The fourth-order valence-corrected chi connectivity index (χ4v) is 7.60. The predicted molar refractivity (Wildman–Crippen MR) is 152 cm³/mol. The summed E-state index contributed by atoms with van der Waals surface area (Å²) in [4.78, 5) is 37.8. The molecule has 0 spiro atoms. The van der Waals surface area contributed by atoms with Gasteiger partial charge in [0.2, 0.25) is 5.91 Å². The summed E-state index contributed by atoms with van der Waals surface area (Å²) in [5, 5.41) is 1.17. The highest BCUT2D eigenvalue weighted by atomic mass is 32.2. The summed E-state index contributed by atoms with van der Waals surface area (Å²) >= 11 is 0.985. The molecular weight excluding hydrogens is 629 g/mol. The Morgan fingerprint density at radius 2 is 1.98 bits per heavy atom. The minimum Gasteiger partial charge on any atom is -0.437 e. The van der Waals surface area contributed by atoms with E-state index < -0.39 is 59.3 Å². The summed E-state index contributed by atoms with van der Waals surface area (Å²) < 4.78 is 82.9. The van der Waals surface area contributed by atoms with Gasteiger partial charge < -0.3 is 29.7 Å². The Bertz CT molecular complexity index is 1650. The number of rotatable bonds is 11. The molecular formula is C26H29F3N6O7S2. The number of nitrogens with zero attached hydrogens (tertiary/aromatic N) is 4. The molecule has 1 aromatic carbocycles. The molecule has 0 saturated carbocycles. The molecule has 0 aliphatic carbocycles. The van der Waals surface area contributed by atoms with Gasteiger partial charge in [0.05, 0.1) is 6.20 Å². The van der Waals surface area contributed by atoms with E-state index in [1.165, 1.54) is 31.6 Å². The molecule has 238 valence electrons. The van der Waals surface area contributed by atoms with Gasteiger partial charge in [0, 0.05) is 44.7 Å². The number of likely N-dealkylation sites (tertiary alicyclic amines) is 1. The number of pyridine rings is 1. The molecule has 3 aromatic rings. The SMILES string of the molecule is COCOC(=O)C(Cc1cc2ccnc(N)c2cc1OC(F)(F)F)N1CCC(NS(=O)(=O)c2cnc(N3CCCC3)s2)C1=O. The number of carbonyl (C=O) groups is 2. The lowest BCUT2D eigenvalue weighted by atomic mass is 10.00. The van der Waals surface area contributed by atoms with Crippen LogP contribution >= 0.6 is 11.3 Å². The fourth-order valence-electron chi connectivity index (χ4n) is 5.19. The maximum absolute atomic E-state index is 13.5. The topological polar surface area (TPSA) is 166 Å². The average molecular weight is 659 g/mol. The molecule has 1 amide bonds. The van der Waals surface area contributed by atoms with Gasteiger partial charge in [-0.15, -0.1) is 13.2 Å². The lowest BCUT2D eigenvalue weighted by Crippen LogP contribution is -2.48. The molecule has 18 heteroatoms. The number of fused-ring (bicyclic) bond motifs is 1. The van der Waals surface area contributed by atoms with Crippen LogP contribution in [-0.2, 0) is 35.5 Å². The lowest BCUT2D eigenvalue weighted by molar-refractivity contribution is -0.274. The number of amides is 1. The van der Waals surface area contributed by atoms with Gasteiger partial charge in [-0.2, -0.15) is 4.72 Å². The van der Waals surface area contributed by atoms with Gasteiger partial charge in [-0.05, 0) is 48.4 Å². The number of nitrogen functional groups attached to an aromatic ring is 1. The Morgan fingerprint density at radius 3 is 2.68 bits per heavy atom. The van der Waals surface area contributed by atoms with Crippen molar-refractivity contribution in [3.8, 4) is 5.75 Å². The van der Waals surface area contributed by atoms with Crippen LogP contribution in [0, 0.1) is 0 Å². The van der Waals surface area contributed by atoms with Gasteiger partial charge in [0.25, 0.3) is 10.0 Å². The van der Waals surface area contributed by atoms with Crippen molar-refractivity contribution in [1.29, 1.82) is 0 Å². The number of ether oxygens (including phenoxy) is 3. The quantitative estimate of drug-likeness (QED) is 0.230. The monoisotopic (exact) mass is 658 g/mol. The van der Waals surface area contributed by atoms with Crippen LogP contribution in [0.1, 0.15) is 24.8 Å². The van der Waals surface area contributed by atoms with Crippen molar-refractivity contribution in [2.45, 2.75) is 48.3 Å². The Balaban J connectivity index is 1.41. The summed E-state index contributed by atoms with van der Waals surface area (Å²) in [5.74, 6) is -2.38. The number of esters is 1. The number of methoxy groups -OCH3 is 1. The molecule has 0 bridgehead atoms. The third-order valence-corrected chi connectivity index (χ3v) is 10.2. The second-order valence-corrected chi connectivity index (χ2v) is 13.1. The Kier molecular flexibility index (Phi) is 9.15. The first-order valence-electron chi connectivity index (χ1n) is 13.5. The van der Waals surface area contributed by atoms with Crippen LogP contribution in [0.2, 0.25) is 0 Å². The average Bonchev–Trinajstić information content (AvgIpc) is 3.73. The number of nitrogens with two attached hydrogens (primary N) is 1. The molecule has 2 aliphatic heterocycles. The van der Waals surface area contributed by atoms with Crippen LogP contribution in [0.15, 0.2) is 34.8 Å². The predicted octanol–water partition coefficient (Wildman–Crippen LogP) is 2.41. The molecule has 2 atom stereocenters. The zero-order valence-electron chi connectivity index (χ0n) is 23.4. The van der Waals surface area contributed by atoms with Gasteiger partial charge in [-0.1, -0.05) is 11.3 Å². The van der Waals surface area contributed by atoms with Crippen LogP contribution in [0.3, 0.4) is 0 Å². The standard InChI is InChI=1S/C26H29F3N6O7S2/c1-40-14-41-24(37)19(11-16-10-15-4-6-31-22(30)17(15)12-20(16)42-26(27,28)29)35-9-5-18(23(35)36)33-44(38,39)21-13-32-25(43-21)34-7-2-3-8-34/h4,6,10,12-13,18-19,33H,2-3,5,7-9,11,14H2,1H3,(H2,30,31). The first kappa shape index (κ1) is 31.7. The molecule has 2 aliphatic rings. The highest BCUT2D eigenvalue weighted by Crippen LogP contribution is 2.35. The summed E-state index contributed by atoms with van der Waals surface area (Å²) in [6.07, 6.45) is -0.977. The third-order valence-electron chi connectivity index (χ3n) is 7.23.